The van der Waals surface area contributed by atoms with E-state index in [-0.39, 0.29) is 0 Å². The summed E-state index contributed by atoms with van der Waals surface area (Å²) in [5.41, 5.74) is 2.27. The van der Waals surface area contributed by atoms with Gasteiger partial charge in [0.2, 0.25) is 0 Å². The number of aryl methyl sites for hydroxylation is 1. The van der Waals surface area contributed by atoms with E-state index < -0.39 is 0 Å². The number of nitrogens with zero attached hydrogens (tertiary/aromatic N) is 1. The van der Waals surface area contributed by atoms with Gasteiger partial charge < -0.3 is 5.32 Å². The lowest BCUT2D eigenvalue weighted by Gasteiger charge is -2.31. The first-order chi connectivity index (χ1) is 8.29. The number of thioether (sulfide) groups is 1. The molecule has 0 radical (unpaired) electrons. The lowest BCUT2D eigenvalue weighted by molar-refractivity contribution is 0.381. The van der Waals surface area contributed by atoms with Crippen LogP contribution in [0.15, 0.2) is 18.2 Å². The first kappa shape index (κ1) is 12.9. The van der Waals surface area contributed by atoms with Crippen LogP contribution in [-0.4, -0.2) is 22.5 Å². The molecule has 0 spiro atoms. The van der Waals surface area contributed by atoms with Gasteiger partial charge >= 0.3 is 0 Å². The van der Waals surface area contributed by atoms with E-state index in [1.54, 1.807) is 0 Å². The van der Waals surface area contributed by atoms with Crippen LogP contribution < -0.4 is 5.32 Å². The summed E-state index contributed by atoms with van der Waals surface area (Å²) in [6, 6.07) is 6.92. The minimum absolute atomic E-state index is 0.668. The van der Waals surface area contributed by atoms with E-state index in [4.69, 9.17) is 0 Å². The summed E-state index contributed by atoms with van der Waals surface area (Å²) in [7, 11) is 0. The highest BCUT2D eigenvalue weighted by Crippen LogP contribution is 2.27. The molecule has 1 aliphatic rings. The molecule has 2 nitrogen and oxygen atoms in total. The maximum absolute atomic E-state index is 4.54. The summed E-state index contributed by atoms with van der Waals surface area (Å²) in [6.07, 6.45) is 7.68. The van der Waals surface area contributed by atoms with E-state index in [9.17, 15) is 0 Å². The van der Waals surface area contributed by atoms with Crippen LogP contribution in [0.25, 0.3) is 0 Å². The van der Waals surface area contributed by atoms with Gasteiger partial charge in [-0.05, 0) is 38.2 Å². The summed E-state index contributed by atoms with van der Waals surface area (Å²) in [5.74, 6) is 0. The Morgan fingerprint density at radius 3 is 2.94 bits per heavy atom. The Hall–Kier alpha value is -0.540. The lowest BCUT2D eigenvalue weighted by atomic mass is 9.95. The van der Waals surface area contributed by atoms with Crippen LogP contribution in [0.2, 0.25) is 0 Å². The highest BCUT2D eigenvalue weighted by molar-refractivity contribution is 7.99. The Morgan fingerprint density at radius 1 is 1.35 bits per heavy atom. The van der Waals surface area contributed by atoms with Crippen LogP contribution in [-0.2, 0) is 6.54 Å². The standard InChI is InChI=1S/C14H22N2S/c1-11-6-5-7-12(16-11)10-15-13-8-3-4-9-14(13)17-2/h5-7,13-15H,3-4,8-10H2,1-2H3. The molecule has 1 aromatic heterocycles. The highest BCUT2D eigenvalue weighted by Gasteiger charge is 2.23. The van der Waals surface area contributed by atoms with Gasteiger partial charge in [0, 0.05) is 23.5 Å². The molecule has 3 heteroatoms. The van der Waals surface area contributed by atoms with E-state index in [1.807, 2.05) is 11.8 Å². The minimum Gasteiger partial charge on any atom is -0.307 e. The third-order valence-electron chi connectivity index (χ3n) is 3.50. The topological polar surface area (TPSA) is 24.9 Å². The van der Waals surface area contributed by atoms with Crippen LogP contribution in [0.1, 0.15) is 37.1 Å². The van der Waals surface area contributed by atoms with Gasteiger partial charge in [-0.2, -0.15) is 11.8 Å². The zero-order valence-corrected chi connectivity index (χ0v) is 11.6. The number of nitrogens with one attached hydrogen (secondary N) is 1. The van der Waals surface area contributed by atoms with Crippen molar-refractivity contribution in [1.29, 1.82) is 0 Å². The van der Waals surface area contributed by atoms with Crippen LogP contribution in [0.3, 0.4) is 0 Å². The summed E-state index contributed by atoms with van der Waals surface area (Å²) >= 11 is 2.01. The molecule has 1 fully saturated rings. The summed E-state index contributed by atoms with van der Waals surface area (Å²) in [4.78, 5) is 4.54. The van der Waals surface area contributed by atoms with Crippen molar-refractivity contribution in [2.75, 3.05) is 6.26 Å². The third kappa shape index (κ3) is 3.71. The van der Waals surface area contributed by atoms with Gasteiger partial charge in [0.1, 0.15) is 0 Å². The number of hydrogen-bond donors (Lipinski definition) is 1. The molecule has 1 aliphatic carbocycles. The Labute approximate surface area is 109 Å². The van der Waals surface area contributed by atoms with Gasteiger partial charge in [-0.3, -0.25) is 4.98 Å². The molecular formula is C14H22N2S. The van der Waals surface area contributed by atoms with Gasteiger partial charge in [0.05, 0.1) is 5.69 Å². The molecule has 2 rings (SSSR count). The molecule has 0 amide bonds. The van der Waals surface area contributed by atoms with Crippen molar-refractivity contribution in [2.24, 2.45) is 0 Å². The average Bonchev–Trinajstić information content (AvgIpc) is 2.37. The maximum atomic E-state index is 4.54. The smallest absolute Gasteiger partial charge is 0.0544 e. The fourth-order valence-electron chi connectivity index (χ4n) is 2.55. The molecule has 1 heterocycles. The van der Waals surface area contributed by atoms with E-state index in [0.29, 0.717) is 6.04 Å². The number of hydrogen-bond acceptors (Lipinski definition) is 3. The quantitative estimate of drug-likeness (QED) is 0.888. The largest absolute Gasteiger partial charge is 0.307 e. The van der Waals surface area contributed by atoms with Gasteiger partial charge in [-0.15, -0.1) is 0 Å². The SMILES string of the molecule is CSC1CCCCC1NCc1cccc(C)n1. The molecule has 94 valence electrons. The number of pyridine rings is 1. The minimum atomic E-state index is 0.668. The molecule has 1 aromatic rings. The van der Waals surface area contributed by atoms with Crippen LogP contribution in [0, 0.1) is 6.92 Å². The monoisotopic (exact) mass is 250 g/mol. The van der Waals surface area contributed by atoms with Gasteiger partial charge in [-0.25, -0.2) is 0 Å². The molecule has 1 N–H and O–H groups in total. The molecule has 2 unspecified atom stereocenters. The van der Waals surface area contributed by atoms with Crippen molar-refractivity contribution in [2.45, 2.75) is 50.4 Å². The average molecular weight is 250 g/mol. The first-order valence-corrected chi connectivity index (χ1v) is 7.77. The van der Waals surface area contributed by atoms with Crippen molar-refractivity contribution >= 4 is 11.8 Å². The van der Waals surface area contributed by atoms with Crippen molar-refractivity contribution in [3.63, 3.8) is 0 Å². The fourth-order valence-corrected chi connectivity index (χ4v) is 3.51. The van der Waals surface area contributed by atoms with Crippen LogP contribution >= 0.6 is 11.8 Å². The molecular weight excluding hydrogens is 228 g/mol. The van der Waals surface area contributed by atoms with E-state index in [2.05, 4.69) is 41.7 Å². The maximum Gasteiger partial charge on any atom is 0.0544 e. The second kappa shape index (κ2) is 6.41. The van der Waals surface area contributed by atoms with Gasteiger partial charge in [0.15, 0.2) is 0 Å². The molecule has 17 heavy (non-hydrogen) atoms. The molecule has 0 bridgehead atoms. The van der Waals surface area contributed by atoms with Crippen molar-refractivity contribution in [3.05, 3.63) is 29.6 Å². The van der Waals surface area contributed by atoms with E-state index in [1.165, 1.54) is 25.7 Å². The number of aromatic nitrogens is 1. The van der Waals surface area contributed by atoms with Gasteiger partial charge in [-0.1, -0.05) is 18.9 Å². The Balaban J connectivity index is 1.88. The van der Waals surface area contributed by atoms with Crippen LogP contribution in [0.4, 0.5) is 0 Å². The molecule has 0 saturated heterocycles. The zero-order chi connectivity index (χ0) is 12.1. The first-order valence-electron chi connectivity index (χ1n) is 6.48. The van der Waals surface area contributed by atoms with E-state index >= 15 is 0 Å². The molecule has 0 aromatic carbocycles. The van der Waals surface area contributed by atoms with Crippen molar-refractivity contribution in [3.8, 4) is 0 Å². The molecule has 2 atom stereocenters. The van der Waals surface area contributed by atoms with E-state index in [0.717, 1.165) is 23.2 Å². The molecule has 0 aliphatic heterocycles. The predicted octanol–water partition coefficient (Wildman–Crippen LogP) is 3.15. The Kier molecular flexibility index (Phi) is 4.86. The fraction of sp³-hybridized carbons (Fsp3) is 0.643. The van der Waals surface area contributed by atoms with Crippen molar-refractivity contribution in [1.82, 2.24) is 10.3 Å². The predicted molar refractivity (Wildman–Crippen MR) is 75.4 cm³/mol. The second-order valence-corrected chi connectivity index (χ2v) is 5.89. The summed E-state index contributed by atoms with van der Waals surface area (Å²) in [5, 5.41) is 4.47. The summed E-state index contributed by atoms with van der Waals surface area (Å²) < 4.78 is 0. The van der Waals surface area contributed by atoms with Crippen molar-refractivity contribution < 1.29 is 0 Å². The lowest BCUT2D eigenvalue weighted by Crippen LogP contribution is -2.40. The second-order valence-electron chi connectivity index (χ2n) is 4.82. The van der Waals surface area contributed by atoms with Gasteiger partial charge in [0.25, 0.3) is 0 Å². The third-order valence-corrected chi connectivity index (χ3v) is 4.67. The highest BCUT2D eigenvalue weighted by atomic mass is 32.2. The normalized spacial score (nSPS) is 24.8. The Bertz CT molecular complexity index is 354. The number of rotatable bonds is 4. The zero-order valence-electron chi connectivity index (χ0n) is 10.8. The van der Waals surface area contributed by atoms with Crippen LogP contribution in [0.5, 0.6) is 0 Å². The Morgan fingerprint density at radius 2 is 2.18 bits per heavy atom. The summed E-state index contributed by atoms with van der Waals surface area (Å²) in [6.45, 7) is 2.96. The molecule has 1 saturated carbocycles.